The molecule has 0 spiro atoms. The molecule has 4 aromatic rings. The molecular formula is C31H26ClN3O4S2. The van der Waals surface area contributed by atoms with Crippen LogP contribution in [0.4, 0.5) is 10.8 Å². The maximum absolute atomic E-state index is 13.6. The molecule has 0 bridgehead atoms. The van der Waals surface area contributed by atoms with Crippen molar-refractivity contribution < 1.29 is 19.5 Å². The summed E-state index contributed by atoms with van der Waals surface area (Å²) >= 11 is 8.99. The van der Waals surface area contributed by atoms with E-state index in [0.717, 1.165) is 16.0 Å². The van der Waals surface area contributed by atoms with Gasteiger partial charge in [0.2, 0.25) is 11.8 Å². The number of nitrogens with zero attached hydrogens (tertiary/aromatic N) is 1. The second kappa shape index (κ2) is 13.2. The number of anilines is 2. The third kappa shape index (κ3) is 7.05. The Morgan fingerprint density at radius 1 is 0.927 bits per heavy atom. The summed E-state index contributed by atoms with van der Waals surface area (Å²) in [5, 5.41) is 17.7. The first kappa shape index (κ1) is 28.6. The number of halogens is 1. The normalized spacial score (nSPS) is 17.0. The average molecular weight is 604 g/mol. The molecule has 41 heavy (non-hydrogen) atoms. The lowest BCUT2D eigenvalue weighted by Crippen LogP contribution is -2.34. The lowest BCUT2D eigenvalue weighted by molar-refractivity contribution is -0.146. The molecule has 0 radical (unpaired) electrons. The van der Waals surface area contributed by atoms with Crippen LogP contribution in [0.25, 0.3) is 11.3 Å². The number of benzene rings is 3. The van der Waals surface area contributed by atoms with Gasteiger partial charge in [-0.2, -0.15) is 0 Å². The number of nitrogens with one attached hydrogen (secondary N) is 2. The number of allylic oxidation sites excluding steroid dienone is 2. The standard InChI is InChI=1S/C31H26ClN3O4S2/c32-25-16-7-6-15-24(25)26-18-40-31(34-26)35-29(37)27(19-9-2-1-3-10-19)41-21-12-8-11-20(17-21)33-28(36)22-13-4-5-14-23(22)30(38)39/h1-12,15-18,22-23,27H,13-14H2,(H,33,36)(H,38,39)(H,34,35,37). The van der Waals surface area contributed by atoms with Crippen molar-refractivity contribution in [3.8, 4) is 11.3 Å². The molecule has 1 aromatic heterocycles. The maximum Gasteiger partial charge on any atom is 0.307 e. The number of carbonyl (C=O) groups is 3. The van der Waals surface area contributed by atoms with Crippen molar-refractivity contribution in [2.24, 2.45) is 11.8 Å². The minimum Gasteiger partial charge on any atom is -0.481 e. The Labute approximate surface area is 250 Å². The van der Waals surface area contributed by atoms with Gasteiger partial charge < -0.3 is 15.7 Å². The van der Waals surface area contributed by atoms with Crippen LogP contribution in [0.1, 0.15) is 23.7 Å². The van der Waals surface area contributed by atoms with Crippen molar-refractivity contribution in [1.82, 2.24) is 4.98 Å². The molecule has 3 N–H and O–H groups in total. The van der Waals surface area contributed by atoms with E-state index in [9.17, 15) is 19.5 Å². The van der Waals surface area contributed by atoms with Gasteiger partial charge in [-0.25, -0.2) is 4.98 Å². The maximum atomic E-state index is 13.6. The highest BCUT2D eigenvalue weighted by molar-refractivity contribution is 8.00. The van der Waals surface area contributed by atoms with Crippen LogP contribution in [0.3, 0.4) is 0 Å². The molecule has 0 aliphatic heterocycles. The van der Waals surface area contributed by atoms with Crippen molar-refractivity contribution in [2.75, 3.05) is 10.6 Å². The first-order valence-corrected chi connectivity index (χ1v) is 15.0. The molecule has 2 amide bonds. The van der Waals surface area contributed by atoms with E-state index in [-0.39, 0.29) is 11.8 Å². The zero-order valence-electron chi connectivity index (χ0n) is 21.7. The van der Waals surface area contributed by atoms with Crippen LogP contribution in [-0.4, -0.2) is 27.9 Å². The monoisotopic (exact) mass is 603 g/mol. The Balaban J connectivity index is 1.33. The molecule has 3 aromatic carbocycles. The molecule has 0 saturated carbocycles. The topological polar surface area (TPSA) is 108 Å². The fraction of sp³-hybridized carbons (Fsp3) is 0.161. The number of carboxylic acid groups (broad SMARTS) is 1. The summed E-state index contributed by atoms with van der Waals surface area (Å²) in [7, 11) is 0. The lowest BCUT2D eigenvalue weighted by atomic mass is 9.82. The average Bonchev–Trinajstić information content (AvgIpc) is 3.44. The molecule has 3 unspecified atom stereocenters. The van der Waals surface area contributed by atoms with Gasteiger partial charge in [-0.1, -0.05) is 78.4 Å². The van der Waals surface area contributed by atoms with Crippen LogP contribution in [0.5, 0.6) is 0 Å². The molecule has 1 aliphatic carbocycles. The smallest absolute Gasteiger partial charge is 0.307 e. The second-order valence-electron chi connectivity index (χ2n) is 9.43. The molecule has 3 atom stereocenters. The van der Waals surface area contributed by atoms with Crippen LogP contribution in [0.15, 0.2) is 101 Å². The van der Waals surface area contributed by atoms with E-state index in [1.54, 1.807) is 30.3 Å². The number of thiazole rings is 1. The molecule has 0 saturated heterocycles. The van der Waals surface area contributed by atoms with Gasteiger partial charge in [-0.05, 0) is 42.7 Å². The van der Waals surface area contributed by atoms with Crippen LogP contribution < -0.4 is 10.6 Å². The van der Waals surface area contributed by atoms with Crippen molar-refractivity contribution in [3.05, 3.63) is 107 Å². The Morgan fingerprint density at radius 3 is 2.41 bits per heavy atom. The highest BCUT2D eigenvalue weighted by Crippen LogP contribution is 2.38. The first-order chi connectivity index (χ1) is 19.9. The van der Waals surface area contributed by atoms with E-state index < -0.39 is 23.1 Å². The van der Waals surface area contributed by atoms with E-state index in [0.29, 0.717) is 34.4 Å². The Bertz CT molecular complexity index is 1590. The number of amides is 2. The number of hydrogen-bond donors (Lipinski definition) is 3. The van der Waals surface area contributed by atoms with Gasteiger partial charge in [0, 0.05) is 26.5 Å². The summed E-state index contributed by atoms with van der Waals surface area (Å²) in [6, 6.07) is 24.0. The van der Waals surface area contributed by atoms with Gasteiger partial charge >= 0.3 is 5.97 Å². The zero-order valence-corrected chi connectivity index (χ0v) is 24.1. The van der Waals surface area contributed by atoms with Crippen LogP contribution >= 0.6 is 34.7 Å². The minimum atomic E-state index is -0.977. The molecule has 1 aliphatic rings. The van der Waals surface area contributed by atoms with Gasteiger partial charge in [-0.15, -0.1) is 23.1 Å². The van der Waals surface area contributed by atoms with Crippen molar-refractivity contribution in [3.63, 3.8) is 0 Å². The Kier molecular flexibility index (Phi) is 9.18. The number of thioether (sulfide) groups is 1. The molecule has 0 fully saturated rings. The quantitative estimate of drug-likeness (QED) is 0.135. The van der Waals surface area contributed by atoms with E-state index in [1.165, 1.54) is 23.1 Å². The number of aliphatic carboxylic acids is 1. The summed E-state index contributed by atoms with van der Waals surface area (Å²) in [5.41, 5.74) is 2.82. The molecule has 10 heteroatoms. The fourth-order valence-corrected chi connectivity index (χ4v) is 6.62. The first-order valence-electron chi connectivity index (χ1n) is 12.9. The number of rotatable bonds is 9. The van der Waals surface area contributed by atoms with E-state index in [4.69, 9.17) is 11.6 Å². The number of carbonyl (C=O) groups excluding carboxylic acids is 2. The SMILES string of the molecule is O=C(Nc1nc(-c2ccccc2Cl)cs1)C(Sc1cccc(NC(=O)C2CC=CCC2C(=O)O)c1)c1ccccc1. The van der Waals surface area contributed by atoms with Gasteiger partial charge in [0.05, 0.1) is 17.5 Å². The Hall–Kier alpha value is -3.92. The van der Waals surface area contributed by atoms with Crippen LogP contribution in [-0.2, 0) is 14.4 Å². The van der Waals surface area contributed by atoms with Crippen molar-refractivity contribution in [1.29, 1.82) is 0 Å². The third-order valence-electron chi connectivity index (χ3n) is 6.67. The summed E-state index contributed by atoms with van der Waals surface area (Å²) in [6.07, 6.45) is 4.36. The van der Waals surface area contributed by atoms with E-state index in [2.05, 4.69) is 15.6 Å². The second-order valence-corrected chi connectivity index (χ2v) is 11.9. The molecular weight excluding hydrogens is 578 g/mol. The fourth-order valence-electron chi connectivity index (χ4n) is 4.59. The molecule has 7 nitrogen and oxygen atoms in total. The predicted octanol–water partition coefficient (Wildman–Crippen LogP) is 7.54. The minimum absolute atomic E-state index is 0.242. The highest BCUT2D eigenvalue weighted by Gasteiger charge is 2.34. The number of hydrogen-bond acceptors (Lipinski definition) is 6. The van der Waals surface area contributed by atoms with Crippen LogP contribution in [0.2, 0.25) is 5.02 Å². The summed E-state index contributed by atoms with van der Waals surface area (Å²) in [5.74, 6) is -2.96. The Morgan fingerprint density at radius 2 is 1.66 bits per heavy atom. The van der Waals surface area contributed by atoms with Gasteiger partial charge in [-0.3, -0.25) is 14.4 Å². The largest absolute Gasteiger partial charge is 0.481 e. The highest BCUT2D eigenvalue weighted by atomic mass is 35.5. The molecule has 1 heterocycles. The summed E-state index contributed by atoms with van der Waals surface area (Å²) in [4.78, 5) is 43.5. The van der Waals surface area contributed by atoms with Gasteiger partial charge in [0.25, 0.3) is 0 Å². The van der Waals surface area contributed by atoms with E-state index in [1.807, 2.05) is 66.1 Å². The van der Waals surface area contributed by atoms with Gasteiger partial charge in [0.15, 0.2) is 5.13 Å². The molecule has 208 valence electrons. The molecule has 5 rings (SSSR count). The number of aromatic nitrogens is 1. The van der Waals surface area contributed by atoms with Crippen molar-refractivity contribution in [2.45, 2.75) is 23.0 Å². The summed E-state index contributed by atoms with van der Waals surface area (Å²) < 4.78 is 0. The predicted molar refractivity (Wildman–Crippen MR) is 164 cm³/mol. The summed E-state index contributed by atoms with van der Waals surface area (Å²) in [6.45, 7) is 0. The zero-order chi connectivity index (χ0) is 28.8. The lowest BCUT2D eigenvalue weighted by Gasteiger charge is -2.24. The van der Waals surface area contributed by atoms with Crippen LogP contribution in [0, 0.1) is 11.8 Å². The van der Waals surface area contributed by atoms with Gasteiger partial charge in [0.1, 0.15) is 5.25 Å². The van der Waals surface area contributed by atoms with Crippen molar-refractivity contribution >= 4 is 63.3 Å². The number of carboxylic acids is 1. The van der Waals surface area contributed by atoms with E-state index >= 15 is 0 Å². The third-order valence-corrected chi connectivity index (χ3v) is 9.00.